The van der Waals surface area contributed by atoms with Crippen LogP contribution in [-0.4, -0.2) is 0 Å². The Kier molecular flexibility index (Phi) is 9.04. The van der Waals surface area contributed by atoms with E-state index in [4.69, 9.17) is 5.73 Å². The summed E-state index contributed by atoms with van der Waals surface area (Å²) in [7, 11) is 0. The first kappa shape index (κ1) is 30.9. The monoisotopic (exact) mass is 597 g/mol. The lowest BCUT2D eigenvalue weighted by Crippen LogP contribution is -2.26. The van der Waals surface area contributed by atoms with Crippen LogP contribution in [0.4, 0.5) is 5.69 Å². The quantitative estimate of drug-likeness (QED) is 0.110. The van der Waals surface area contributed by atoms with Crippen molar-refractivity contribution in [3.05, 3.63) is 185 Å². The Balaban J connectivity index is 0.00000182. The normalized spacial score (nSPS) is 12.3. The largest absolute Gasteiger partial charge is 0.399 e. The number of hydrogen-bond acceptors (Lipinski definition) is 1. The molecule has 0 aliphatic rings. The number of nitrogen functional groups attached to an aromatic ring is 1. The van der Waals surface area contributed by atoms with Gasteiger partial charge in [0.15, 0.2) is 0 Å². The summed E-state index contributed by atoms with van der Waals surface area (Å²) in [6.07, 6.45) is 1.90. The smallest absolute Gasteiger partial charge is 0.0429 e. The lowest BCUT2D eigenvalue weighted by Gasteiger charge is -2.34. The van der Waals surface area contributed by atoms with E-state index in [-0.39, 0.29) is 5.41 Å². The molecule has 0 saturated heterocycles. The van der Waals surface area contributed by atoms with E-state index in [9.17, 15) is 0 Å². The van der Waals surface area contributed by atoms with Crippen molar-refractivity contribution in [2.75, 3.05) is 5.73 Å². The van der Waals surface area contributed by atoms with Crippen LogP contribution in [0, 0.1) is 6.92 Å². The summed E-state index contributed by atoms with van der Waals surface area (Å²) in [5.41, 5.74) is 17.0. The van der Waals surface area contributed by atoms with Crippen molar-refractivity contribution in [3.63, 3.8) is 0 Å². The number of hydrogen-bond donors (Lipinski definition) is 1. The van der Waals surface area contributed by atoms with E-state index in [0.29, 0.717) is 0 Å². The molecule has 0 bridgehead atoms. The zero-order valence-corrected chi connectivity index (χ0v) is 27.4. The van der Waals surface area contributed by atoms with E-state index >= 15 is 0 Å². The van der Waals surface area contributed by atoms with Gasteiger partial charge in [0.25, 0.3) is 0 Å². The number of benzene rings is 7. The minimum absolute atomic E-state index is 0.376. The molecule has 0 spiro atoms. The van der Waals surface area contributed by atoms with E-state index in [1.165, 1.54) is 66.1 Å². The highest BCUT2D eigenvalue weighted by atomic mass is 14.6. The Morgan fingerprint density at radius 2 is 1.17 bits per heavy atom. The molecule has 0 aliphatic carbocycles. The summed E-state index contributed by atoms with van der Waals surface area (Å²) in [6, 6.07) is 55.3. The number of para-hydroxylation sites is 1. The Labute approximate surface area is 274 Å². The molecule has 0 saturated carbocycles. The Morgan fingerprint density at radius 1 is 0.522 bits per heavy atom. The highest BCUT2D eigenvalue weighted by Gasteiger charge is 2.34. The van der Waals surface area contributed by atoms with E-state index in [2.05, 4.69) is 153 Å². The molecular formula is C45H43N. The number of rotatable bonds is 7. The number of aryl methyl sites for hydroxylation is 3. The zero-order chi connectivity index (χ0) is 32.1. The maximum Gasteiger partial charge on any atom is 0.0429 e. The molecule has 2 N–H and O–H groups in total. The average Bonchev–Trinajstić information content (AvgIpc) is 3.12. The Hall–Kier alpha value is -5.14. The minimum atomic E-state index is -0.376. The first-order valence-electron chi connectivity index (χ1n) is 16.5. The maximum atomic E-state index is 6.23. The number of fused-ring (bicyclic) bond motifs is 3. The second kappa shape index (κ2) is 13.5. The summed E-state index contributed by atoms with van der Waals surface area (Å²) in [4.78, 5) is 0. The zero-order valence-electron chi connectivity index (χ0n) is 27.4. The molecule has 1 nitrogen and oxygen atoms in total. The summed E-state index contributed by atoms with van der Waals surface area (Å²) >= 11 is 0. The summed E-state index contributed by atoms with van der Waals surface area (Å²) in [5.74, 6) is 0. The standard InChI is InChI=1S/C43H37N.C2H6/c1-30-28-31(20-22-34-13-7-11-19-42(34)44)21-27-37(30)39-17-9-10-18-41(39)43(2,35-14-4-3-5-15-35)36-26-25-33-24-23-32-12-6-8-16-38(32)40(33)29-36;1-2/h3-19,21,23-29H,20,22,44H2,1-2H3;1-2H3. The molecule has 46 heavy (non-hydrogen) atoms. The highest BCUT2D eigenvalue weighted by molar-refractivity contribution is 6.07. The number of anilines is 1. The fraction of sp³-hybridized carbons (Fsp3) is 0.156. The molecule has 228 valence electrons. The van der Waals surface area contributed by atoms with E-state index in [1.54, 1.807) is 0 Å². The topological polar surface area (TPSA) is 26.0 Å². The Bertz CT molecular complexity index is 2110. The summed E-state index contributed by atoms with van der Waals surface area (Å²) in [5, 5.41) is 5.11. The third kappa shape index (κ3) is 5.82. The van der Waals surface area contributed by atoms with Crippen LogP contribution in [0.1, 0.15) is 54.2 Å². The third-order valence-electron chi connectivity index (χ3n) is 9.46. The second-order valence-electron chi connectivity index (χ2n) is 12.1. The molecule has 7 aromatic carbocycles. The molecule has 0 radical (unpaired) electrons. The molecule has 7 aromatic rings. The second-order valence-corrected chi connectivity index (χ2v) is 12.1. The van der Waals surface area contributed by atoms with Crippen molar-refractivity contribution < 1.29 is 0 Å². The fourth-order valence-electron chi connectivity index (χ4n) is 6.94. The van der Waals surface area contributed by atoms with Gasteiger partial charge in [0.2, 0.25) is 0 Å². The molecule has 0 aliphatic heterocycles. The van der Waals surface area contributed by atoms with Gasteiger partial charge < -0.3 is 5.73 Å². The van der Waals surface area contributed by atoms with Crippen molar-refractivity contribution in [1.29, 1.82) is 0 Å². The predicted molar refractivity (Wildman–Crippen MR) is 200 cm³/mol. The molecule has 0 heterocycles. The van der Waals surface area contributed by atoms with Gasteiger partial charge in [0, 0.05) is 11.1 Å². The molecule has 1 atom stereocenters. The minimum Gasteiger partial charge on any atom is -0.399 e. The van der Waals surface area contributed by atoms with Gasteiger partial charge in [-0.3, -0.25) is 0 Å². The van der Waals surface area contributed by atoms with Crippen LogP contribution in [-0.2, 0) is 18.3 Å². The highest BCUT2D eigenvalue weighted by Crippen LogP contribution is 2.45. The van der Waals surface area contributed by atoms with Gasteiger partial charge in [-0.15, -0.1) is 0 Å². The van der Waals surface area contributed by atoms with Crippen LogP contribution in [0.5, 0.6) is 0 Å². The van der Waals surface area contributed by atoms with Gasteiger partial charge in [-0.25, -0.2) is 0 Å². The van der Waals surface area contributed by atoms with Crippen molar-refractivity contribution in [1.82, 2.24) is 0 Å². The lowest BCUT2D eigenvalue weighted by atomic mass is 9.68. The molecule has 1 heteroatoms. The van der Waals surface area contributed by atoms with Crippen LogP contribution in [0.15, 0.2) is 152 Å². The van der Waals surface area contributed by atoms with Gasteiger partial charge in [0.1, 0.15) is 0 Å². The van der Waals surface area contributed by atoms with E-state index in [0.717, 1.165) is 18.5 Å². The van der Waals surface area contributed by atoms with Crippen LogP contribution in [0.2, 0.25) is 0 Å². The van der Waals surface area contributed by atoms with E-state index < -0.39 is 0 Å². The predicted octanol–water partition coefficient (Wildman–Crippen LogP) is 11.7. The Morgan fingerprint density at radius 3 is 1.96 bits per heavy atom. The van der Waals surface area contributed by atoms with Gasteiger partial charge in [0.05, 0.1) is 0 Å². The van der Waals surface area contributed by atoms with Crippen molar-refractivity contribution in [2.45, 2.75) is 46.0 Å². The summed E-state index contributed by atoms with van der Waals surface area (Å²) < 4.78 is 0. The third-order valence-corrected chi connectivity index (χ3v) is 9.46. The van der Waals surface area contributed by atoms with Crippen LogP contribution in [0.3, 0.4) is 0 Å². The lowest BCUT2D eigenvalue weighted by molar-refractivity contribution is 0.695. The van der Waals surface area contributed by atoms with Gasteiger partial charge >= 0.3 is 0 Å². The summed E-state index contributed by atoms with van der Waals surface area (Å²) in [6.45, 7) is 8.63. The molecule has 0 fully saturated rings. The number of nitrogens with two attached hydrogens (primary N) is 1. The van der Waals surface area contributed by atoms with E-state index in [1.807, 2.05) is 26.0 Å². The molecule has 1 unspecified atom stereocenters. The van der Waals surface area contributed by atoms with Crippen molar-refractivity contribution in [2.24, 2.45) is 0 Å². The molecule has 7 rings (SSSR count). The van der Waals surface area contributed by atoms with Crippen LogP contribution >= 0.6 is 0 Å². The molecular weight excluding hydrogens is 555 g/mol. The van der Waals surface area contributed by atoms with Crippen LogP contribution < -0.4 is 5.73 Å². The SMILES string of the molecule is CC.Cc1cc(CCc2ccccc2N)ccc1-c1ccccc1C(C)(c1ccccc1)c1ccc2ccc3ccccc3c2c1. The van der Waals surface area contributed by atoms with Crippen molar-refractivity contribution in [3.8, 4) is 11.1 Å². The van der Waals surface area contributed by atoms with Gasteiger partial charge in [-0.05, 0) is 105 Å². The van der Waals surface area contributed by atoms with Gasteiger partial charge in [-0.2, -0.15) is 0 Å². The van der Waals surface area contributed by atoms with Gasteiger partial charge in [-0.1, -0.05) is 153 Å². The van der Waals surface area contributed by atoms with Crippen LogP contribution in [0.25, 0.3) is 32.7 Å². The first-order valence-corrected chi connectivity index (χ1v) is 16.5. The average molecular weight is 598 g/mol. The fourth-order valence-corrected chi connectivity index (χ4v) is 6.94. The molecule has 0 aromatic heterocycles. The van der Waals surface area contributed by atoms with Crippen molar-refractivity contribution >= 4 is 27.2 Å². The first-order chi connectivity index (χ1) is 22.5. The molecule has 0 amide bonds. The maximum absolute atomic E-state index is 6.23.